The topological polar surface area (TPSA) is 115 Å². The fourth-order valence-electron chi connectivity index (χ4n) is 2.55. The normalized spacial score (nSPS) is 21.0. The molecule has 2 fully saturated rings. The molecule has 8 nitrogen and oxygen atoms in total. The maximum Gasteiger partial charge on any atom is 0.308 e. The molecule has 2 atom stereocenters. The minimum atomic E-state index is -0.996. The zero-order valence-electron chi connectivity index (χ0n) is 16.8. The predicted octanol–water partition coefficient (Wildman–Crippen LogP) is 1.93. The van der Waals surface area contributed by atoms with Crippen LogP contribution in [0.2, 0.25) is 0 Å². The third-order valence-electron chi connectivity index (χ3n) is 3.77. The number of hydrogen-bond acceptors (Lipinski definition) is 4. The highest BCUT2D eigenvalue weighted by Crippen LogP contribution is 2.20. The maximum absolute atomic E-state index is 11.6. The number of rotatable bonds is 5. The first kappa shape index (κ1) is 26.1. The van der Waals surface area contributed by atoms with Crippen LogP contribution in [-0.4, -0.2) is 69.9 Å². The van der Waals surface area contributed by atoms with Gasteiger partial charge >= 0.3 is 11.9 Å². The molecule has 0 saturated carbocycles. The van der Waals surface area contributed by atoms with Crippen molar-refractivity contribution >= 4 is 23.8 Å². The van der Waals surface area contributed by atoms with E-state index in [0.717, 1.165) is 0 Å². The summed E-state index contributed by atoms with van der Waals surface area (Å²) < 4.78 is 0. The Labute approximate surface area is 156 Å². The van der Waals surface area contributed by atoms with Crippen LogP contribution in [0.3, 0.4) is 0 Å². The van der Waals surface area contributed by atoms with Crippen molar-refractivity contribution in [2.45, 2.75) is 54.4 Å². The molecule has 2 heterocycles. The van der Waals surface area contributed by atoms with Crippen LogP contribution in [0, 0.1) is 11.8 Å². The van der Waals surface area contributed by atoms with Gasteiger partial charge < -0.3 is 20.0 Å². The summed E-state index contributed by atoms with van der Waals surface area (Å²) in [5.74, 6) is -3.85. The number of likely N-dealkylation sites (tertiary alicyclic amines) is 2. The van der Waals surface area contributed by atoms with Crippen LogP contribution in [0.5, 0.6) is 0 Å². The van der Waals surface area contributed by atoms with Gasteiger partial charge in [0.15, 0.2) is 0 Å². The predicted molar refractivity (Wildman–Crippen MR) is 98.7 cm³/mol. The number of carbonyl (C=O) groups excluding carboxylic acids is 2. The fraction of sp³-hybridized carbons (Fsp3) is 0.778. The molecule has 152 valence electrons. The Morgan fingerprint density at radius 3 is 1.23 bits per heavy atom. The van der Waals surface area contributed by atoms with E-state index in [9.17, 15) is 19.2 Å². The molecule has 0 spiro atoms. The first-order valence-electron chi connectivity index (χ1n) is 9.39. The molecule has 0 radical (unpaired) electrons. The Morgan fingerprint density at radius 1 is 0.769 bits per heavy atom. The standard InChI is InChI=1S/C12H16N2O6.3C2H6/c15-9-3-7(11(17)18)5-13(9)1-2-14-6-8(12(19)20)4-10(14)16;3*1-2/h7-8H,1-6H2,(H,17,18)(H,19,20);3*1-2H3. The van der Waals surface area contributed by atoms with E-state index in [2.05, 4.69) is 0 Å². The van der Waals surface area contributed by atoms with Crippen molar-refractivity contribution in [2.24, 2.45) is 11.8 Å². The summed E-state index contributed by atoms with van der Waals surface area (Å²) in [7, 11) is 0. The van der Waals surface area contributed by atoms with Gasteiger partial charge in [0.05, 0.1) is 11.8 Å². The summed E-state index contributed by atoms with van der Waals surface area (Å²) in [6.07, 6.45) is -0.0257. The average molecular weight is 374 g/mol. The number of hydrogen-bond donors (Lipinski definition) is 2. The van der Waals surface area contributed by atoms with Gasteiger partial charge in [0.25, 0.3) is 0 Å². The maximum atomic E-state index is 11.6. The van der Waals surface area contributed by atoms with Gasteiger partial charge in [0, 0.05) is 39.0 Å². The Balaban J connectivity index is 0. The SMILES string of the molecule is CC.CC.CC.O=C(O)C1CC(=O)N(CCN2CC(C(=O)O)CC2=O)C1. The highest BCUT2D eigenvalue weighted by atomic mass is 16.4. The molecule has 2 N–H and O–H groups in total. The minimum absolute atomic E-state index is 0.0129. The van der Waals surface area contributed by atoms with Crippen molar-refractivity contribution in [1.82, 2.24) is 9.80 Å². The van der Waals surface area contributed by atoms with Crippen molar-refractivity contribution < 1.29 is 29.4 Å². The summed E-state index contributed by atoms with van der Waals surface area (Å²) in [5, 5.41) is 17.7. The summed E-state index contributed by atoms with van der Waals surface area (Å²) in [6.45, 7) is 12.8. The van der Waals surface area contributed by atoms with Gasteiger partial charge in [-0.3, -0.25) is 19.2 Å². The average Bonchev–Trinajstić information content (AvgIpc) is 3.21. The molecule has 2 aliphatic rings. The molecule has 2 unspecified atom stereocenters. The molecular weight excluding hydrogens is 340 g/mol. The third-order valence-corrected chi connectivity index (χ3v) is 3.77. The van der Waals surface area contributed by atoms with Gasteiger partial charge in [-0.05, 0) is 0 Å². The lowest BCUT2D eigenvalue weighted by molar-refractivity contribution is -0.142. The second kappa shape index (κ2) is 14.1. The lowest BCUT2D eigenvalue weighted by Crippen LogP contribution is -2.37. The van der Waals surface area contributed by atoms with Gasteiger partial charge in [0.2, 0.25) is 11.8 Å². The monoisotopic (exact) mass is 374 g/mol. The molecule has 0 aromatic carbocycles. The number of carboxylic acid groups (broad SMARTS) is 2. The quantitative estimate of drug-likeness (QED) is 0.760. The summed E-state index contributed by atoms with van der Waals surface area (Å²) in [4.78, 5) is 47.7. The van der Waals surface area contributed by atoms with E-state index in [1.54, 1.807) is 0 Å². The molecule has 2 aliphatic heterocycles. The zero-order valence-corrected chi connectivity index (χ0v) is 16.8. The Kier molecular flexibility index (Phi) is 14.2. The van der Waals surface area contributed by atoms with E-state index < -0.39 is 23.8 Å². The lowest BCUT2D eigenvalue weighted by atomic mass is 10.1. The second-order valence-corrected chi connectivity index (χ2v) is 5.16. The number of carbonyl (C=O) groups is 4. The minimum Gasteiger partial charge on any atom is -0.481 e. The number of aliphatic carboxylic acids is 2. The molecule has 2 amide bonds. The van der Waals surface area contributed by atoms with Crippen LogP contribution >= 0.6 is 0 Å². The lowest BCUT2D eigenvalue weighted by Gasteiger charge is -2.21. The third kappa shape index (κ3) is 7.84. The van der Waals surface area contributed by atoms with Crippen molar-refractivity contribution in [3.63, 3.8) is 0 Å². The van der Waals surface area contributed by atoms with E-state index in [0.29, 0.717) is 0 Å². The van der Waals surface area contributed by atoms with Crippen LogP contribution in [0.4, 0.5) is 0 Å². The van der Waals surface area contributed by atoms with E-state index in [1.807, 2.05) is 41.5 Å². The Morgan fingerprint density at radius 2 is 1.04 bits per heavy atom. The number of amides is 2. The molecule has 0 aromatic rings. The number of nitrogens with zero attached hydrogens (tertiary/aromatic N) is 2. The van der Waals surface area contributed by atoms with E-state index in [-0.39, 0.29) is 50.8 Å². The molecule has 0 aliphatic carbocycles. The van der Waals surface area contributed by atoms with Gasteiger partial charge in [0.1, 0.15) is 0 Å². The van der Waals surface area contributed by atoms with E-state index in [1.165, 1.54) is 9.80 Å². The Bertz CT molecular complexity index is 425. The van der Waals surface area contributed by atoms with Crippen molar-refractivity contribution in [3.8, 4) is 0 Å². The summed E-state index contributed by atoms with van der Waals surface area (Å²) in [6, 6.07) is 0. The van der Waals surface area contributed by atoms with Crippen molar-refractivity contribution in [3.05, 3.63) is 0 Å². The highest BCUT2D eigenvalue weighted by Gasteiger charge is 2.37. The molecule has 26 heavy (non-hydrogen) atoms. The zero-order chi connectivity index (χ0) is 20.9. The van der Waals surface area contributed by atoms with Crippen molar-refractivity contribution in [2.75, 3.05) is 26.2 Å². The molecule has 0 bridgehead atoms. The van der Waals surface area contributed by atoms with Crippen LogP contribution in [-0.2, 0) is 19.2 Å². The highest BCUT2D eigenvalue weighted by molar-refractivity contribution is 5.87. The Hall–Kier alpha value is -2.12. The smallest absolute Gasteiger partial charge is 0.308 e. The van der Waals surface area contributed by atoms with E-state index in [4.69, 9.17) is 10.2 Å². The van der Waals surface area contributed by atoms with Crippen molar-refractivity contribution in [1.29, 1.82) is 0 Å². The molecule has 2 rings (SSSR count). The fourth-order valence-corrected chi connectivity index (χ4v) is 2.55. The van der Waals surface area contributed by atoms with Crippen LogP contribution in [0.25, 0.3) is 0 Å². The van der Waals surface area contributed by atoms with Crippen LogP contribution in [0.1, 0.15) is 54.4 Å². The van der Waals surface area contributed by atoms with Gasteiger partial charge in [-0.2, -0.15) is 0 Å². The molecule has 2 saturated heterocycles. The summed E-state index contributed by atoms with van der Waals surface area (Å²) in [5.41, 5.74) is 0. The largest absolute Gasteiger partial charge is 0.481 e. The first-order chi connectivity index (χ1) is 12.4. The first-order valence-corrected chi connectivity index (χ1v) is 9.39. The van der Waals surface area contributed by atoms with Crippen LogP contribution in [0.15, 0.2) is 0 Å². The van der Waals surface area contributed by atoms with Gasteiger partial charge in [-0.1, -0.05) is 41.5 Å². The van der Waals surface area contributed by atoms with Crippen LogP contribution < -0.4 is 0 Å². The van der Waals surface area contributed by atoms with Gasteiger partial charge in [-0.25, -0.2) is 0 Å². The van der Waals surface area contributed by atoms with E-state index >= 15 is 0 Å². The molecule has 0 aromatic heterocycles. The van der Waals surface area contributed by atoms with Gasteiger partial charge in [-0.15, -0.1) is 0 Å². The molecule has 8 heteroatoms. The summed E-state index contributed by atoms with van der Waals surface area (Å²) >= 11 is 0. The number of carboxylic acids is 2. The molecular formula is C18H34N2O6. The second-order valence-electron chi connectivity index (χ2n) is 5.16.